The SMILES string of the molecule is Clc1cc(NC2CCCCCCC2)ccn1. The highest BCUT2D eigenvalue weighted by molar-refractivity contribution is 6.29. The van der Waals surface area contributed by atoms with Crippen LogP contribution in [0.2, 0.25) is 5.15 Å². The summed E-state index contributed by atoms with van der Waals surface area (Å²) in [6.07, 6.45) is 11.2. The van der Waals surface area contributed by atoms with E-state index in [1.807, 2.05) is 12.1 Å². The zero-order valence-electron chi connectivity index (χ0n) is 9.58. The van der Waals surface area contributed by atoms with Crippen LogP contribution in [0.5, 0.6) is 0 Å². The van der Waals surface area contributed by atoms with E-state index in [2.05, 4.69) is 10.3 Å². The third-order valence-electron chi connectivity index (χ3n) is 3.20. The van der Waals surface area contributed by atoms with Gasteiger partial charge < -0.3 is 5.32 Å². The van der Waals surface area contributed by atoms with Gasteiger partial charge in [0.25, 0.3) is 0 Å². The highest BCUT2D eigenvalue weighted by Gasteiger charge is 2.10. The lowest BCUT2D eigenvalue weighted by Crippen LogP contribution is -2.20. The first-order chi connectivity index (χ1) is 7.84. The number of halogens is 1. The smallest absolute Gasteiger partial charge is 0.131 e. The van der Waals surface area contributed by atoms with Gasteiger partial charge in [0.05, 0.1) is 0 Å². The van der Waals surface area contributed by atoms with Crippen molar-refractivity contribution >= 4 is 17.3 Å². The van der Waals surface area contributed by atoms with Gasteiger partial charge in [0.15, 0.2) is 0 Å². The monoisotopic (exact) mass is 238 g/mol. The Morgan fingerprint density at radius 3 is 2.50 bits per heavy atom. The molecule has 0 amide bonds. The first-order valence-electron chi connectivity index (χ1n) is 6.23. The Hall–Kier alpha value is -0.760. The molecule has 1 saturated carbocycles. The van der Waals surface area contributed by atoms with Crippen molar-refractivity contribution in [1.29, 1.82) is 0 Å². The molecule has 0 bridgehead atoms. The third-order valence-corrected chi connectivity index (χ3v) is 3.41. The van der Waals surface area contributed by atoms with Crippen LogP contribution in [-0.4, -0.2) is 11.0 Å². The number of hydrogen-bond donors (Lipinski definition) is 1. The van der Waals surface area contributed by atoms with E-state index >= 15 is 0 Å². The minimum atomic E-state index is 0.566. The zero-order chi connectivity index (χ0) is 11.2. The van der Waals surface area contributed by atoms with Crippen molar-refractivity contribution in [2.45, 2.75) is 51.0 Å². The highest BCUT2D eigenvalue weighted by atomic mass is 35.5. The average Bonchev–Trinajstić information content (AvgIpc) is 2.22. The molecule has 0 unspecified atom stereocenters. The molecule has 1 aliphatic rings. The Labute approximate surface area is 102 Å². The second-order valence-corrected chi connectivity index (χ2v) is 4.94. The topological polar surface area (TPSA) is 24.9 Å². The normalized spacial score (nSPS) is 18.8. The second kappa shape index (κ2) is 6.09. The molecule has 1 fully saturated rings. The van der Waals surface area contributed by atoms with Crippen LogP contribution in [0, 0.1) is 0 Å². The van der Waals surface area contributed by atoms with E-state index in [0.717, 1.165) is 5.69 Å². The fourth-order valence-corrected chi connectivity index (χ4v) is 2.50. The molecule has 0 saturated heterocycles. The van der Waals surface area contributed by atoms with Crippen LogP contribution in [0.15, 0.2) is 18.3 Å². The van der Waals surface area contributed by atoms with Gasteiger partial charge >= 0.3 is 0 Å². The Kier molecular flexibility index (Phi) is 4.46. The molecule has 3 heteroatoms. The Bertz CT molecular complexity index is 319. The lowest BCUT2D eigenvalue weighted by molar-refractivity contribution is 0.471. The maximum atomic E-state index is 5.87. The standard InChI is InChI=1S/C13H19ClN2/c14-13-10-12(8-9-15-13)16-11-6-4-2-1-3-5-7-11/h8-11H,1-7H2,(H,15,16). The Balaban J connectivity index is 1.91. The largest absolute Gasteiger partial charge is 0.382 e. The van der Waals surface area contributed by atoms with Crippen molar-refractivity contribution < 1.29 is 0 Å². The van der Waals surface area contributed by atoms with E-state index in [-0.39, 0.29) is 0 Å². The van der Waals surface area contributed by atoms with Gasteiger partial charge in [-0.2, -0.15) is 0 Å². The summed E-state index contributed by atoms with van der Waals surface area (Å²) in [6.45, 7) is 0. The van der Waals surface area contributed by atoms with Crippen molar-refractivity contribution in [3.05, 3.63) is 23.5 Å². The van der Waals surface area contributed by atoms with Crippen LogP contribution < -0.4 is 5.32 Å². The molecule has 2 rings (SSSR count). The summed E-state index contributed by atoms with van der Waals surface area (Å²) < 4.78 is 0. The van der Waals surface area contributed by atoms with Crippen molar-refractivity contribution in [3.63, 3.8) is 0 Å². The van der Waals surface area contributed by atoms with Crippen LogP contribution in [0.1, 0.15) is 44.9 Å². The van der Waals surface area contributed by atoms with Crippen molar-refractivity contribution in [1.82, 2.24) is 4.98 Å². The Morgan fingerprint density at radius 1 is 1.12 bits per heavy atom. The number of aromatic nitrogens is 1. The van der Waals surface area contributed by atoms with Gasteiger partial charge in [-0.05, 0) is 25.0 Å². The van der Waals surface area contributed by atoms with Gasteiger partial charge in [-0.1, -0.05) is 43.7 Å². The molecule has 0 atom stereocenters. The molecule has 1 heterocycles. The molecule has 0 radical (unpaired) electrons. The number of nitrogens with zero attached hydrogens (tertiary/aromatic N) is 1. The summed E-state index contributed by atoms with van der Waals surface area (Å²) >= 11 is 5.87. The molecular weight excluding hydrogens is 220 g/mol. The van der Waals surface area contributed by atoms with E-state index in [0.29, 0.717) is 11.2 Å². The number of nitrogens with one attached hydrogen (secondary N) is 1. The van der Waals surface area contributed by atoms with Gasteiger partial charge in [0.2, 0.25) is 0 Å². The van der Waals surface area contributed by atoms with Gasteiger partial charge in [0.1, 0.15) is 5.15 Å². The average molecular weight is 239 g/mol. The fourth-order valence-electron chi connectivity index (χ4n) is 2.33. The summed E-state index contributed by atoms with van der Waals surface area (Å²) in [5, 5.41) is 4.13. The maximum absolute atomic E-state index is 5.87. The van der Waals surface area contributed by atoms with Crippen molar-refractivity contribution in [2.24, 2.45) is 0 Å². The molecule has 1 N–H and O–H groups in total. The Morgan fingerprint density at radius 2 is 1.81 bits per heavy atom. The molecule has 0 aromatic carbocycles. The molecule has 1 aromatic heterocycles. The number of hydrogen-bond acceptors (Lipinski definition) is 2. The third kappa shape index (κ3) is 3.67. The van der Waals surface area contributed by atoms with Crippen molar-refractivity contribution in [3.8, 4) is 0 Å². The van der Waals surface area contributed by atoms with E-state index in [9.17, 15) is 0 Å². The van der Waals surface area contributed by atoms with E-state index in [1.54, 1.807) is 6.20 Å². The van der Waals surface area contributed by atoms with Gasteiger partial charge in [0, 0.05) is 17.9 Å². The van der Waals surface area contributed by atoms with E-state index in [1.165, 1.54) is 44.9 Å². The maximum Gasteiger partial charge on any atom is 0.131 e. The summed E-state index contributed by atoms with van der Waals surface area (Å²) in [5.74, 6) is 0. The molecule has 0 aliphatic heterocycles. The molecule has 1 aliphatic carbocycles. The predicted molar refractivity (Wildman–Crippen MR) is 69.0 cm³/mol. The molecule has 0 spiro atoms. The van der Waals surface area contributed by atoms with Crippen molar-refractivity contribution in [2.75, 3.05) is 5.32 Å². The number of pyridine rings is 1. The van der Waals surface area contributed by atoms with Crippen LogP contribution in [0.25, 0.3) is 0 Å². The van der Waals surface area contributed by atoms with E-state index in [4.69, 9.17) is 11.6 Å². The number of rotatable bonds is 2. The van der Waals surface area contributed by atoms with Gasteiger partial charge in [-0.15, -0.1) is 0 Å². The van der Waals surface area contributed by atoms with Crippen LogP contribution >= 0.6 is 11.6 Å². The molecule has 88 valence electrons. The summed E-state index contributed by atoms with van der Waals surface area (Å²) in [7, 11) is 0. The summed E-state index contributed by atoms with van der Waals surface area (Å²) in [5.41, 5.74) is 1.10. The quantitative estimate of drug-likeness (QED) is 0.779. The fraction of sp³-hybridized carbons (Fsp3) is 0.615. The molecule has 1 aromatic rings. The molecular formula is C13H19ClN2. The minimum absolute atomic E-state index is 0.566. The highest BCUT2D eigenvalue weighted by Crippen LogP contribution is 2.21. The first-order valence-corrected chi connectivity index (χ1v) is 6.60. The van der Waals surface area contributed by atoms with Crippen LogP contribution in [-0.2, 0) is 0 Å². The zero-order valence-corrected chi connectivity index (χ0v) is 10.3. The van der Waals surface area contributed by atoms with Crippen LogP contribution in [0.4, 0.5) is 5.69 Å². The second-order valence-electron chi connectivity index (χ2n) is 4.55. The van der Waals surface area contributed by atoms with Gasteiger partial charge in [-0.3, -0.25) is 0 Å². The predicted octanol–water partition coefficient (Wildman–Crippen LogP) is 4.26. The van der Waals surface area contributed by atoms with E-state index < -0.39 is 0 Å². The summed E-state index contributed by atoms with van der Waals surface area (Å²) in [6, 6.07) is 4.50. The lowest BCUT2D eigenvalue weighted by Gasteiger charge is -2.22. The summed E-state index contributed by atoms with van der Waals surface area (Å²) in [4.78, 5) is 3.99. The number of anilines is 1. The first kappa shape index (κ1) is 11.7. The molecule has 16 heavy (non-hydrogen) atoms. The van der Waals surface area contributed by atoms with Gasteiger partial charge in [-0.25, -0.2) is 4.98 Å². The van der Waals surface area contributed by atoms with Crippen LogP contribution in [0.3, 0.4) is 0 Å². The minimum Gasteiger partial charge on any atom is -0.382 e. The lowest BCUT2D eigenvalue weighted by atomic mass is 9.96. The molecule has 2 nitrogen and oxygen atoms in total.